The second-order valence-electron chi connectivity index (χ2n) is 4.85. The van der Waals surface area contributed by atoms with Crippen LogP contribution in [0.5, 0.6) is 0 Å². The van der Waals surface area contributed by atoms with Gasteiger partial charge in [-0.3, -0.25) is 9.59 Å². The molecule has 0 aliphatic carbocycles. The number of carbonyl (C=O) groups excluding carboxylic acids is 2. The summed E-state index contributed by atoms with van der Waals surface area (Å²) in [6, 6.07) is 11.3. The van der Waals surface area contributed by atoms with Gasteiger partial charge in [0.05, 0.1) is 0 Å². The first-order valence-electron chi connectivity index (χ1n) is 6.41. The molecule has 5 heteroatoms. The first-order valence-corrected chi connectivity index (χ1v) is 7.21. The van der Waals surface area contributed by atoms with E-state index in [1.54, 1.807) is 0 Å². The molecule has 2 N–H and O–H groups in total. The van der Waals surface area contributed by atoms with Crippen LogP contribution in [0.4, 0.5) is 5.69 Å². The first kappa shape index (κ1) is 13.1. The number of rotatable bonds is 2. The van der Waals surface area contributed by atoms with Crippen LogP contribution in [0, 0.1) is 0 Å². The second kappa shape index (κ2) is 5.25. The first-order chi connectivity index (χ1) is 9.61. The zero-order valence-corrected chi connectivity index (χ0v) is 12.2. The molecule has 0 aromatic heterocycles. The standard InChI is InChI=1S/C15H13BrN2O2/c16-11-3-1-10-8-12(4-2-9(10)7-11)17-15(20)13-5-6-14(19)18-13/h1-4,7-8,13H,5-6H2,(H,17,20)(H,18,19). The molecule has 0 saturated carbocycles. The lowest BCUT2D eigenvalue weighted by Gasteiger charge is -2.11. The van der Waals surface area contributed by atoms with Gasteiger partial charge in [-0.25, -0.2) is 0 Å². The molecular formula is C15H13BrN2O2. The van der Waals surface area contributed by atoms with E-state index in [-0.39, 0.29) is 11.8 Å². The summed E-state index contributed by atoms with van der Waals surface area (Å²) < 4.78 is 1.02. The highest BCUT2D eigenvalue weighted by Gasteiger charge is 2.27. The molecule has 1 unspecified atom stereocenters. The molecule has 0 spiro atoms. The van der Waals surface area contributed by atoms with Crippen molar-refractivity contribution in [2.24, 2.45) is 0 Å². The molecule has 0 radical (unpaired) electrons. The molecule has 1 fully saturated rings. The lowest BCUT2D eigenvalue weighted by Crippen LogP contribution is -2.37. The van der Waals surface area contributed by atoms with Crippen LogP contribution in [0.2, 0.25) is 0 Å². The fourth-order valence-corrected chi connectivity index (χ4v) is 2.71. The highest BCUT2D eigenvalue weighted by atomic mass is 79.9. The van der Waals surface area contributed by atoms with Crippen LogP contribution in [-0.4, -0.2) is 17.9 Å². The van der Waals surface area contributed by atoms with E-state index < -0.39 is 6.04 Å². The quantitative estimate of drug-likeness (QED) is 0.888. The van der Waals surface area contributed by atoms with Gasteiger partial charge in [-0.1, -0.05) is 28.1 Å². The average molecular weight is 333 g/mol. The summed E-state index contributed by atoms with van der Waals surface area (Å²) in [5, 5.41) is 7.67. The van der Waals surface area contributed by atoms with Gasteiger partial charge in [0, 0.05) is 16.6 Å². The molecular weight excluding hydrogens is 320 g/mol. The molecule has 0 bridgehead atoms. The summed E-state index contributed by atoms with van der Waals surface area (Å²) in [6.07, 6.45) is 0.981. The molecule has 1 aliphatic rings. The van der Waals surface area contributed by atoms with Crippen LogP contribution < -0.4 is 10.6 Å². The van der Waals surface area contributed by atoms with E-state index in [4.69, 9.17) is 0 Å². The number of carbonyl (C=O) groups is 2. The van der Waals surface area contributed by atoms with Crippen molar-refractivity contribution in [3.63, 3.8) is 0 Å². The van der Waals surface area contributed by atoms with Gasteiger partial charge >= 0.3 is 0 Å². The Balaban J connectivity index is 1.79. The van der Waals surface area contributed by atoms with Gasteiger partial charge in [0.15, 0.2) is 0 Å². The van der Waals surface area contributed by atoms with E-state index in [0.29, 0.717) is 12.8 Å². The van der Waals surface area contributed by atoms with E-state index in [9.17, 15) is 9.59 Å². The number of halogens is 1. The third-order valence-electron chi connectivity index (χ3n) is 3.38. The zero-order valence-electron chi connectivity index (χ0n) is 10.7. The Labute approximate surface area is 124 Å². The Morgan fingerprint density at radius 3 is 2.70 bits per heavy atom. The van der Waals surface area contributed by atoms with Gasteiger partial charge in [0.1, 0.15) is 6.04 Å². The molecule has 102 valence electrons. The summed E-state index contributed by atoms with van der Waals surface area (Å²) in [7, 11) is 0. The number of amides is 2. The van der Waals surface area contributed by atoms with Crippen molar-refractivity contribution < 1.29 is 9.59 Å². The molecule has 1 atom stereocenters. The number of anilines is 1. The van der Waals surface area contributed by atoms with Crippen LogP contribution >= 0.6 is 15.9 Å². The number of hydrogen-bond donors (Lipinski definition) is 2. The zero-order chi connectivity index (χ0) is 14.1. The second-order valence-corrected chi connectivity index (χ2v) is 5.77. The minimum atomic E-state index is -0.414. The van der Waals surface area contributed by atoms with Gasteiger partial charge in [-0.05, 0) is 41.5 Å². The van der Waals surface area contributed by atoms with E-state index in [2.05, 4.69) is 26.6 Å². The molecule has 4 nitrogen and oxygen atoms in total. The normalized spacial score (nSPS) is 18.1. The molecule has 2 amide bonds. The van der Waals surface area contributed by atoms with Crippen LogP contribution in [0.1, 0.15) is 12.8 Å². The number of hydrogen-bond acceptors (Lipinski definition) is 2. The lowest BCUT2D eigenvalue weighted by atomic mass is 10.1. The van der Waals surface area contributed by atoms with Crippen molar-refractivity contribution in [3.8, 4) is 0 Å². The fourth-order valence-electron chi connectivity index (χ4n) is 2.33. The van der Waals surface area contributed by atoms with Crippen molar-refractivity contribution in [1.82, 2.24) is 5.32 Å². The molecule has 2 aromatic rings. The third kappa shape index (κ3) is 2.67. The minimum Gasteiger partial charge on any atom is -0.344 e. The predicted octanol–water partition coefficient (Wildman–Crippen LogP) is 2.82. The molecule has 1 aliphatic heterocycles. The molecule has 20 heavy (non-hydrogen) atoms. The summed E-state index contributed by atoms with van der Waals surface area (Å²) in [5.41, 5.74) is 0.742. The van der Waals surface area contributed by atoms with Crippen LogP contribution in [0.3, 0.4) is 0 Å². The van der Waals surface area contributed by atoms with Crippen molar-refractivity contribution in [2.75, 3.05) is 5.32 Å². The summed E-state index contributed by atoms with van der Waals surface area (Å²) in [6.45, 7) is 0. The topological polar surface area (TPSA) is 58.2 Å². The number of nitrogens with one attached hydrogen (secondary N) is 2. The number of benzene rings is 2. The van der Waals surface area contributed by atoms with E-state index in [1.807, 2.05) is 36.4 Å². The Hall–Kier alpha value is -1.88. The molecule has 1 saturated heterocycles. The average Bonchev–Trinajstić information content (AvgIpc) is 2.86. The highest BCUT2D eigenvalue weighted by Crippen LogP contribution is 2.23. The molecule has 1 heterocycles. The van der Waals surface area contributed by atoms with E-state index >= 15 is 0 Å². The van der Waals surface area contributed by atoms with Gasteiger partial charge < -0.3 is 10.6 Å². The van der Waals surface area contributed by atoms with Crippen molar-refractivity contribution >= 4 is 44.2 Å². The smallest absolute Gasteiger partial charge is 0.246 e. The van der Waals surface area contributed by atoms with Gasteiger partial charge in [-0.2, -0.15) is 0 Å². The minimum absolute atomic E-state index is 0.0616. The maximum atomic E-state index is 12.0. The van der Waals surface area contributed by atoms with Gasteiger partial charge in [0.2, 0.25) is 11.8 Å². The predicted molar refractivity (Wildman–Crippen MR) is 81.4 cm³/mol. The Bertz CT molecular complexity index is 699. The lowest BCUT2D eigenvalue weighted by molar-refractivity contribution is -0.122. The Morgan fingerprint density at radius 2 is 1.95 bits per heavy atom. The molecule has 3 rings (SSSR count). The van der Waals surface area contributed by atoms with Crippen molar-refractivity contribution in [3.05, 3.63) is 40.9 Å². The molecule has 2 aromatic carbocycles. The fraction of sp³-hybridized carbons (Fsp3) is 0.200. The monoisotopic (exact) mass is 332 g/mol. The number of fused-ring (bicyclic) bond motifs is 1. The Kier molecular flexibility index (Phi) is 3.44. The SMILES string of the molecule is O=C1CCC(C(=O)Nc2ccc3cc(Br)ccc3c2)N1. The van der Waals surface area contributed by atoms with Gasteiger partial charge in [-0.15, -0.1) is 0 Å². The summed E-state index contributed by atoms with van der Waals surface area (Å²) >= 11 is 3.43. The van der Waals surface area contributed by atoms with Crippen molar-refractivity contribution in [2.45, 2.75) is 18.9 Å². The van der Waals surface area contributed by atoms with Crippen LogP contribution in [0.15, 0.2) is 40.9 Å². The maximum Gasteiger partial charge on any atom is 0.246 e. The highest BCUT2D eigenvalue weighted by molar-refractivity contribution is 9.10. The van der Waals surface area contributed by atoms with Gasteiger partial charge in [0.25, 0.3) is 0 Å². The van der Waals surface area contributed by atoms with Crippen molar-refractivity contribution in [1.29, 1.82) is 0 Å². The summed E-state index contributed by atoms with van der Waals surface area (Å²) in [5.74, 6) is -0.221. The third-order valence-corrected chi connectivity index (χ3v) is 3.87. The maximum absolute atomic E-state index is 12.0. The van der Waals surface area contributed by atoms with E-state index in [0.717, 1.165) is 20.9 Å². The largest absolute Gasteiger partial charge is 0.344 e. The summed E-state index contributed by atoms with van der Waals surface area (Å²) in [4.78, 5) is 23.1. The van der Waals surface area contributed by atoms with Crippen LogP contribution in [-0.2, 0) is 9.59 Å². The van der Waals surface area contributed by atoms with E-state index in [1.165, 1.54) is 0 Å². The Morgan fingerprint density at radius 1 is 1.20 bits per heavy atom. The van der Waals surface area contributed by atoms with Crippen LogP contribution in [0.25, 0.3) is 10.8 Å².